The van der Waals surface area contributed by atoms with E-state index in [4.69, 9.17) is 11.6 Å². The summed E-state index contributed by atoms with van der Waals surface area (Å²) in [5, 5.41) is 13.4. The van der Waals surface area contributed by atoms with Gasteiger partial charge in [-0.15, -0.1) is 0 Å². The fraction of sp³-hybridized carbons (Fsp3) is 0.600. The number of rotatable bonds is 4. The smallest absolute Gasteiger partial charge is 0.317 e. The molecule has 1 aliphatic rings. The minimum atomic E-state index is -0.285. The van der Waals surface area contributed by atoms with Gasteiger partial charge in [-0.05, 0) is 25.0 Å². The Labute approximate surface area is 130 Å². The van der Waals surface area contributed by atoms with Gasteiger partial charge >= 0.3 is 6.03 Å². The maximum absolute atomic E-state index is 12.0. The van der Waals surface area contributed by atoms with Gasteiger partial charge in [-0.2, -0.15) is 0 Å². The van der Waals surface area contributed by atoms with Crippen molar-refractivity contribution in [1.82, 2.24) is 15.2 Å². The van der Waals surface area contributed by atoms with Gasteiger partial charge in [0.15, 0.2) is 0 Å². The summed E-state index contributed by atoms with van der Waals surface area (Å²) in [4.78, 5) is 17.8. The van der Waals surface area contributed by atoms with Gasteiger partial charge < -0.3 is 15.3 Å². The van der Waals surface area contributed by atoms with Gasteiger partial charge in [0.05, 0.1) is 23.4 Å². The number of hydrogen-bond donors (Lipinski definition) is 2. The van der Waals surface area contributed by atoms with Crippen LogP contribution in [0.4, 0.5) is 4.79 Å². The van der Waals surface area contributed by atoms with Crippen LogP contribution in [0, 0.1) is 5.92 Å². The first-order chi connectivity index (χ1) is 10.1. The average molecular weight is 312 g/mol. The fourth-order valence-electron chi connectivity index (χ4n) is 2.65. The SMILES string of the molecule is CN(C[C@@H]1CCCC[C@@H]1O)C(=O)NCc1ccc(Cl)cn1. The number of nitrogens with one attached hydrogen (secondary N) is 1. The van der Waals surface area contributed by atoms with Gasteiger partial charge in [0.25, 0.3) is 0 Å². The lowest BCUT2D eigenvalue weighted by atomic mass is 9.86. The second kappa shape index (κ2) is 7.61. The molecule has 1 fully saturated rings. The largest absolute Gasteiger partial charge is 0.393 e. The molecule has 1 saturated carbocycles. The van der Waals surface area contributed by atoms with Gasteiger partial charge in [-0.25, -0.2) is 4.79 Å². The van der Waals surface area contributed by atoms with Gasteiger partial charge in [-0.3, -0.25) is 4.98 Å². The Kier molecular flexibility index (Phi) is 5.82. The van der Waals surface area contributed by atoms with Crippen LogP contribution in [0.2, 0.25) is 5.02 Å². The van der Waals surface area contributed by atoms with E-state index in [0.29, 0.717) is 18.1 Å². The van der Waals surface area contributed by atoms with Crippen molar-refractivity contribution in [1.29, 1.82) is 0 Å². The van der Waals surface area contributed by atoms with Crippen LogP contribution in [0.1, 0.15) is 31.4 Å². The highest BCUT2D eigenvalue weighted by atomic mass is 35.5. The molecular formula is C15H22ClN3O2. The average Bonchev–Trinajstić information content (AvgIpc) is 2.48. The Balaban J connectivity index is 1.78. The highest BCUT2D eigenvalue weighted by molar-refractivity contribution is 6.30. The van der Waals surface area contributed by atoms with Gasteiger partial charge in [-0.1, -0.05) is 24.4 Å². The number of nitrogens with zero attached hydrogens (tertiary/aromatic N) is 2. The van der Waals surface area contributed by atoms with Crippen molar-refractivity contribution in [3.05, 3.63) is 29.0 Å². The quantitative estimate of drug-likeness (QED) is 0.897. The molecule has 6 heteroatoms. The molecule has 2 N–H and O–H groups in total. The lowest BCUT2D eigenvalue weighted by molar-refractivity contribution is 0.0565. The molecular weight excluding hydrogens is 290 g/mol. The third-order valence-electron chi connectivity index (χ3n) is 3.93. The first-order valence-electron chi connectivity index (χ1n) is 7.33. The first-order valence-corrected chi connectivity index (χ1v) is 7.71. The molecule has 0 aliphatic heterocycles. The van der Waals surface area contributed by atoms with E-state index < -0.39 is 0 Å². The Bertz CT molecular complexity index is 466. The van der Waals surface area contributed by atoms with E-state index in [9.17, 15) is 9.90 Å². The van der Waals surface area contributed by atoms with Crippen molar-refractivity contribution < 1.29 is 9.90 Å². The van der Waals surface area contributed by atoms with Crippen molar-refractivity contribution in [2.45, 2.75) is 38.3 Å². The molecule has 1 aromatic rings. The van der Waals surface area contributed by atoms with Crippen molar-refractivity contribution in [3.8, 4) is 0 Å². The van der Waals surface area contributed by atoms with Crippen molar-refractivity contribution in [2.75, 3.05) is 13.6 Å². The number of aliphatic hydroxyl groups excluding tert-OH is 1. The molecule has 0 radical (unpaired) electrons. The summed E-state index contributed by atoms with van der Waals surface area (Å²) in [5.41, 5.74) is 0.763. The Morgan fingerprint density at radius 3 is 2.90 bits per heavy atom. The molecule has 1 aliphatic carbocycles. The summed E-state index contributed by atoms with van der Waals surface area (Å²) >= 11 is 5.77. The second-order valence-electron chi connectivity index (χ2n) is 5.62. The first kappa shape index (κ1) is 16.0. The third-order valence-corrected chi connectivity index (χ3v) is 4.16. The number of aromatic nitrogens is 1. The molecule has 2 amide bonds. The van der Waals surface area contributed by atoms with Crippen LogP contribution >= 0.6 is 11.6 Å². The Hall–Kier alpha value is -1.33. The summed E-state index contributed by atoms with van der Waals surface area (Å²) in [5.74, 6) is 0.183. The van der Waals surface area contributed by atoms with Crippen LogP contribution in [0.3, 0.4) is 0 Å². The molecule has 2 atom stereocenters. The molecule has 0 aromatic carbocycles. The molecule has 0 saturated heterocycles. The molecule has 5 nitrogen and oxygen atoms in total. The summed E-state index contributed by atoms with van der Waals surface area (Å²) in [7, 11) is 1.76. The topological polar surface area (TPSA) is 65.5 Å². The zero-order valence-electron chi connectivity index (χ0n) is 12.3. The molecule has 1 aromatic heterocycles. The van der Waals surface area contributed by atoms with Gasteiger partial charge in [0, 0.05) is 25.7 Å². The van der Waals surface area contributed by atoms with Gasteiger partial charge in [0.2, 0.25) is 0 Å². The van der Waals surface area contributed by atoms with E-state index in [1.807, 2.05) is 0 Å². The van der Waals surface area contributed by atoms with Crippen molar-refractivity contribution in [3.63, 3.8) is 0 Å². The standard InChI is InChI=1S/C15H22ClN3O2/c1-19(10-11-4-2-3-5-14(11)20)15(21)18-9-13-7-6-12(16)8-17-13/h6-8,11,14,20H,2-5,9-10H2,1H3,(H,18,21)/t11-,14-/m0/s1. The normalized spacial score (nSPS) is 21.9. The minimum Gasteiger partial charge on any atom is -0.393 e. The molecule has 1 heterocycles. The highest BCUT2D eigenvalue weighted by Crippen LogP contribution is 2.24. The van der Waals surface area contributed by atoms with Crippen LogP contribution in [-0.4, -0.2) is 40.7 Å². The molecule has 0 spiro atoms. The maximum atomic E-state index is 12.0. The van der Waals surface area contributed by atoms with E-state index in [-0.39, 0.29) is 18.1 Å². The number of carbonyl (C=O) groups excluding carboxylic acids is 1. The van der Waals surface area contributed by atoms with Crippen LogP contribution in [0.5, 0.6) is 0 Å². The number of carbonyl (C=O) groups is 1. The molecule has 116 valence electrons. The summed E-state index contributed by atoms with van der Waals surface area (Å²) < 4.78 is 0. The maximum Gasteiger partial charge on any atom is 0.317 e. The van der Waals surface area contributed by atoms with E-state index in [2.05, 4.69) is 10.3 Å². The number of aliphatic hydroxyl groups is 1. The van der Waals surface area contributed by atoms with E-state index in [1.54, 1.807) is 30.3 Å². The summed E-state index contributed by atoms with van der Waals surface area (Å²) in [6.45, 7) is 0.953. The predicted molar refractivity (Wildman–Crippen MR) is 82.1 cm³/mol. The van der Waals surface area contributed by atoms with E-state index >= 15 is 0 Å². The lowest BCUT2D eigenvalue weighted by Gasteiger charge is -2.31. The molecule has 21 heavy (non-hydrogen) atoms. The molecule has 0 bridgehead atoms. The third kappa shape index (κ3) is 4.86. The lowest BCUT2D eigenvalue weighted by Crippen LogP contribution is -2.42. The van der Waals surface area contributed by atoms with Crippen LogP contribution in [0.15, 0.2) is 18.3 Å². The van der Waals surface area contributed by atoms with Crippen LogP contribution < -0.4 is 5.32 Å². The van der Waals surface area contributed by atoms with Crippen molar-refractivity contribution >= 4 is 17.6 Å². The van der Waals surface area contributed by atoms with E-state index in [1.165, 1.54) is 0 Å². The number of pyridine rings is 1. The summed E-state index contributed by atoms with van der Waals surface area (Å²) in [6, 6.07) is 3.38. The monoisotopic (exact) mass is 311 g/mol. The van der Waals surface area contributed by atoms with Crippen LogP contribution in [-0.2, 0) is 6.54 Å². The molecule has 0 unspecified atom stereocenters. The zero-order valence-corrected chi connectivity index (χ0v) is 13.0. The number of halogens is 1. The second-order valence-corrected chi connectivity index (χ2v) is 6.06. The fourth-order valence-corrected chi connectivity index (χ4v) is 2.76. The number of amides is 2. The minimum absolute atomic E-state index is 0.149. The Morgan fingerprint density at radius 2 is 2.24 bits per heavy atom. The Morgan fingerprint density at radius 1 is 1.48 bits per heavy atom. The zero-order chi connectivity index (χ0) is 15.2. The molecule has 2 rings (SSSR count). The highest BCUT2D eigenvalue weighted by Gasteiger charge is 2.25. The van der Waals surface area contributed by atoms with Gasteiger partial charge in [0.1, 0.15) is 0 Å². The number of urea groups is 1. The van der Waals surface area contributed by atoms with E-state index in [0.717, 1.165) is 31.4 Å². The number of hydrogen-bond acceptors (Lipinski definition) is 3. The summed E-state index contributed by atoms with van der Waals surface area (Å²) in [6.07, 6.45) is 5.31. The van der Waals surface area contributed by atoms with Crippen LogP contribution in [0.25, 0.3) is 0 Å². The van der Waals surface area contributed by atoms with Crippen molar-refractivity contribution in [2.24, 2.45) is 5.92 Å². The predicted octanol–water partition coefficient (Wildman–Crippen LogP) is 2.43.